The van der Waals surface area contributed by atoms with Crippen molar-refractivity contribution in [1.29, 1.82) is 0 Å². The SMILES string of the molecule is [CH2]C[C@@H](Cc1ccc(-c2c[nH]c(CCC=O)n2)cc1)NC(=O)c1ccc(OCCC)c(Cl)c1. The number of aromatic nitrogens is 2. The third-order valence-electron chi connectivity index (χ3n) is 5.20. The summed E-state index contributed by atoms with van der Waals surface area (Å²) >= 11 is 6.26. The fourth-order valence-electron chi connectivity index (χ4n) is 3.39. The minimum Gasteiger partial charge on any atom is -0.492 e. The van der Waals surface area contributed by atoms with Crippen LogP contribution in [0, 0.1) is 6.92 Å². The maximum atomic E-state index is 12.7. The van der Waals surface area contributed by atoms with E-state index in [1.165, 1.54) is 0 Å². The molecule has 1 amide bonds. The van der Waals surface area contributed by atoms with Crippen molar-refractivity contribution < 1.29 is 14.3 Å². The number of hydrogen-bond donors (Lipinski definition) is 2. The summed E-state index contributed by atoms with van der Waals surface area (Å²) in [7, 11) is 0. The molecule has 33 heavy (non-hydrogen) atoms. The zero-order valence-corrected chi connectivity index (χ0v) is 19.5. The van der Waals surface area contributed by atoms with Crippen LogP contribution in [0.1, 0.15) is 47.9 Å². The molecule has 3 rings (SSSR count). The highest BCUT2D eigenvalue weighted by atomic mass is 35.5. The van der Waals surface area contributed by atoms with Crippen LogP contribution in [0.4, 0.5) is 0 Å². The summed E-state index contributed by atoms with van der Waals surface area (Å²) in [6.45, 7) is 6.59. The number of benzene rings is 2. The number of aryl methyl sites for hydroxylation is 1. The van der Waals surface area contributed by atoms with Gasteiger partial charge in [0.1, 0.15) is 17.9 Å². The largest absolute Gasteiger partial charge is 0.492 e. The number of nitrogens with zero attached hydrogens (tertiary/aromatic N) is 1. The van der Waals surface area contributed by atoms with Crippen LogP contribution >= 0.6 is 11.6 Å². The van der Waals surface area contributed by atoms with Gasteiger partial charge in [0, 0.05) is 36.2 Å². The fourth-order valence-corrected chi connectivity index (χ4v) is 3.63. The molecule has 1 radical (unpaired) electrons. The van der Waals surface area contributed by atoms with Gasteiger partial charge in [-0.2, -0.15) is 0 Å². The molecule has 0 aliphatic carbocycles. The molecule has 1 heterocycles. The second kappa shape index (κ2) is 12.2. The van der Waals surface area contributed by atoms with Gasteiger partial charge in [0.05, 0.1) is 17.3 Å². The van der Waals surface area contributed by atoms with Crippen molar-refractivity contribution in [2.45, 2.75) is 45.1 Å². The van der Waals surface area contributed by atoms with Gasteiger partial charge >= 0.3 is 0 Å². The van der Waals surface area contributed by atoms with Crippen LogP contribution in [0.3, 0.4) is 0 Å². The average molecular weight is 467 g/mol. The Morgan fingerprint density at radius 2 is 2.06 bits per heavy atom. The predicted octanol–water partition coefficient (Wildman–Crippen LogP) is 5.22. The molecule has 7 heteroatoms. The maximum absolute atomic E-state index is 12.7. The van der Waals surface area contributed by atoms with E-state index in [9.17, 15) is 9.59 Å². The van der Waals surface area contributed by atoms with Gasteiger partial charge in [-0.1, -0.05) is 49.7 Å². The van der Waals surface area contributed by atoms with E-state index in [1.54, 1.807) is 18.2 Å². The van der Waals surface area contributed by atoms with Gasteiger partial charge in [0.15, 0.2) is 0 Å². The predicted molar refractivity (Wildman–Crippen MR) is 131 cm³/mol. The van der Waals surface area contributed by atoms with Gasteiger partial charge in [0.25, 0.3) is 5.91 Å². The first-order valence-electron chi connectivity index (χ1n) is 11.1. The molecule has 0 fully saturated rings. The number of H-pyrrole nitrogens is 1. The molecule has 2 aromatic carbocycles. The number of carbonyl (C=O) groups excluding carboxylic acids is 2. The number of halogens is 1. The Morgan fingerprint density at radius 1 is 1.27 bits per heavy atom. The van der Waals surface area contributed by atoms with Gasteiger partial charge in [-0.3, -0.25) is 4.79 Å². The summed E-state index contributed by atoms with van der Waals surface area (Å²) in [4.78, 5) is 30.9. The highest BCUT2D eigenvalue weighted by Crippen LogP contribution is 2.26. The van der Waals surface area contributed by atoms with E-state index in [1.807, 2.05) is 37.4 Å². The number of hydrogen-bond acceptors (Lipinski definition) is 4. The lowest BCUT2D eigenvalue weighted by Crippen LogP contribution is -2.36. The number of aldehydes is 1. The fraction of sp³-hybridized carbons (Fsp3) is 0.308. The van der Waals surface area contributed by atoms with Crippen LogP contribution in [0.15, 0.2) is 48.7 Å². The van der Waals surface area contributed by atoms with Crippen LogP contribution in [0.25, 0.3) is 11.3 Å². The molecule has 0 bridgehead atoms. The lowest BCUT2D eigenvalue weighted by Gasteiger charge is -2.18. The van der Waals surface area contributed by atoms with Crippen molar-refractivity contribution >= 4 is 23.8 Å². The topological polar surface area (TPSA) is 84.1 Å². The standard InChI is InChI=1S/C26H29ClN3O3/c1-3-14-33-24-12-11-20(16-22(24)27)26(32)29-21(4-2)15-18-7-9-19(10-8-18)23-17-28-25(30-23)6-5-13-31/h7-13,16-17,21H,2-6,14-15H2,1H3,(H,28,30)(H,29,32)/t21-/m0/s1. The molecule has 173 valence electrons. The Balaban J connectivity index is 1.60. The number of carbonyl (C=O) groups is 2. The Hall–Kier alpha value is -3.12. The summed E-state index contributed by atoms with van der Waals surface area (Å²) in [5, 5.41) is 3.47. The lowest BCUT2D eigenvalue weighted by molar-refractivity contribution is -0.107. The molecule has 0 aliphatic rings. The maximum Gasteiger partial charge on any atom is 0.251 e. The zero-order chi connectivity index (χ0) is 23.6. The summed E-state index contributed by atoms with van der Waals surface area (Å²) in [5.41, 5.74) is 3.41. The number of imidazole rings is 1. The Morgan fingerprint density at radius 3 is 2.73 bits per heavy atom. The number of amides is 1. The lowest BCUT2D eigenvalue weighted by atomic mass is 10.0. The quantitative estimate of drug-likeness (QED) is 0.358. The van der Waals surface area contributed by atoms with E-state index in [2.05, 4.69) is 22.2 Å². The van der Waals surface area contributed by atoms with E-state index in [0.29, 0.717) is 48.6 Å². The highest BCUT2D eigenvalue weighted by Gasteiger charge is 2.15. The molecular formula is C26H29ClN3O3. The highest BCUT2D eigenvalue weighted by molar-refractivity contribution is 6.32. The van der Waals surface area contributed by atoms with Crippen molar-refractivity contribution in [2.75, 3.05) is 6.61 Å². The second-order valence-corrected chi connectivity index (χ2v) is 8.20. The van der Waals surface area contributed by atoms with Crippen LogP contribution in [0.2, 0.25) is 5.02 Å². The van der Waals surface area contributed by atoms with Gasteiger partial charge in [-0.15, -0.1) is 0 Å². The van der Waals surface area contributed by atoms with Crippen molar-refractivity contribution in [3.8, 4) is 17.0 Å². The molecule has 0 spiro atoms. The molecule has 1 aromatic heterocycles. The van der Waals surface area contributed by atoms with Gasteiger partial charge in [-0.05, 0) is 43.0 Å². The van der Waals surface area contributed by atoms with Crippen LogP contribution in [-0.4, -0.2) is 34.8 Å². The molecule has 0 unspecified atom stereocenters. The smallest absolute Gasteiger partial charge is 0.251 e. The van der Waals surface area contributed by atoms with Gasteiger partial charge in [-0.25, -0.2) is 4.98 Å². The number of ether oxygens (including phenoxy) is 1. The monoisotopic (exact) mass is 466 g/mol. The first-order chi connectivity index (χ1) is 16.0. The Bertz CT molecular complexity index is 1060. The summed E-state index contributed by atoms with van der Waals surface area (Å²) < 4.78 is 5.57. The van der Waals surface area contributed by atoms with Crippen LogP contribution in [0.5, 0.6) is 5.75 Å². The van der Waals surface area contributed by atoms with E-state index >= 15 is 0 Å². The van der Waals surface area contributed by atoms with Crippen molar-refractivity contribution in [1.82, 2.24) is 15.3 Å². The summed E-state index contributed by atoms with van der Waals surface area (Å²) in [6.07, 6.45) is 5.89. The average Bonchev–Trinajstić information content (AvgIpc) is 3.30. The Kier molecular flexibility index (Phi) is 9.07. The molecule has 6 nitrogen and oxygen atoms in total. The molecule has 0 saturated carbocycles. The third kappa shape index (κ3) is 6.93. The number of aromatic amines is 1. The first kappa shape index (κ1) is 24.5. The molecule has 2 N–H and O–H groups in total. The third-order valence-corrected chi connectivity index (χ3v) is 5.50. The van der Waals surface area contributed by atoms with Gasteiger partial charge < -0.3 is 19.8 Å². The van der Waals surface area contributed by atoms with E-state index < -0.39 is 0 Å². The molecule has 0 aliphatic heterocycles. The van der Waals surface area contributed by atoms with E-state index in [4.69, 9.17) is 16.3 Å². The van der Waals surface area contributed by atoms with E-state index in [0.717, 1.165) is 35.4 Å². The van der Waals surface area contributed by atoms with Crippen LogP contribution in [-0.2, 0) is 17.6 Å². The summed E-state index contributed by atoms with van der Waals surface area (Å²) in [5.74, 6) is 1.19. The minimum atomic E-state index is -0.191. The molecule has 3 aromatic rings. The minimum absolute atomic E-state index is 0.113. The van der Waals surface area contributed by atoms with Crippen molar-refractivity contribution in [3.63, 3.8) is 0 Å². The van der Waals surface area contributed by atoms with Gasteiger partial charge in [0.2, 0.25) is 0 Å². The molecule has 0 saturated heterocycles. The Labute approximate surface area is 199 Å². The molecule has 1 atom stereocenters. The first-order valence-corrected chi connectivity index (χ1v) is 11.5. The van der Waals surface area contributed by atoms with E-state index in [-0.39, 0.29) is 11.9 Å². The normalized spacial score (nSPS) is 11.7. The zero-order valence-electron chi connectivity index (χ0n) is 18.8. The van der Waals surface area contributed by atoms with Crippen molar-refractivity contribution in [2.24, 2.45) is 0 Å². The number of rotatable bonds is 12. The second-order valence-electron chi connectivity index (χ2n) is 7.79. The van der Waals surface area contributed by atoms with Crippen LogP contribution < -0.4 is 10.1 Å². The number of nitrogens with one attached hydrogen (secondary N) is 2. The van der Waals surface area contributed by atoms with Crippen molar-refractivity contribution in [3.05, 3.63) is 77.6 Å². The molecular weight excluding hydrogens is 438 g/mol. The summed E-state index contributed by atoms with van der Waals surface area (Å²) in [6, 6.07) is 13.0.